The van der Waals surface area contributed by atoms with Crippen molar-refractivity contribution in [1.82, 2.24) is 0 Å². The Bertz CT molecular complexity index is 2430. The van der Waals surface area contributed by atoms with Gasteiger partial charge in [0.05, 0.1) is 0 Å². The van der Waals surface area contributed by atoms with Crippen LogP contribution in [0.1, 0.15) is 94.9 Å². The van der Waals surface area contributed by atoms with E-state index in [1.165, 1.54) is 105 Å². The number of anilines is 3. The molecule has 0 N–H and O–H groups in total. The summed E-state index contributed by atoms with van der Waals surface area (Å²) in [5, 5.41) is 0. The first-order valence-electron chi connectivity index (χ1n) is 21.3. The molecule has 56 heavy (non-hydrogen) atoms. The van der Waals surface area contributed by atoms with Crippen molar-refractivity contribution >= 4 is 28.8 Å². The fourth-order valence-electron chi connectivity index (χ4n) is 12.6. The van der Waals surface area contributed by atoms with Crippen LogP contribution >= 0.6 is 11.8 Å². The predicted molar refractivity (Wildman–Crippen MR) is 236 cm³/mol. The van der Waals surface area contributed by atoms with Crippen molar-refractivity contribution in [3.63, 3.8) is 0 Å². The van der Waals surface area contributed by atoms with Crippen molar-refractivity contribution in [3.05, 3.63) is 162 Å². The minimum atomic E-state index is 0.0796. The molecule has 12 rings (SSSR count). The second kappa shape index (κ2) is 12.7. The van der Waals surface area contributed by atoms with E-state index in [4.69, 9.17) is 0 Å². The number of nitrogens with zero attached hydrogens (tertiary/aromatic N) is 1. The zero-order valence-electron chi connectivity index (χ0n) is 33.4. The maximum absolute atomic E-state index is 2.59. The molecule has 6 aromatic rings. The smallest absolute Gasteiger partial charge is 0.0473 e. The highest BCUT2D eigenvalue weighted by molar-refractivity contribution is 7.99. The molecule has 1 heterocycles. The molecule has 2 heteroatoms. The van der Waals surface area contributed by atoms with E-state index in [0.717, 1.165) is 11.8 Å². The Balaban J connectivity index is 1.10. The lowest BCUT2D eigenvalue weighted by molar-refractivity contribution is -0.0443. The lowest BCUT2D eigenvalue weighted by Crippen LogP contribution is -2.57. The molecule has 0 unspecified atom stereocenters. The summed E-state index contributed by atoms with van der Waals surface area (Å²) >= 11 is 2.04. The predicted octanol–water partition coefficient (Wildman–Crippen LogP) is 15.0. The van der Waals surface area contributed by atoms with Crippen LogP contribution in [0.15, 0.2) is 149 Å². The Labute approximate surface area is 338 Å². The molecule has 4 bridgehead atoms. The molecule has 4 saturated carbocycles. The number of fused-ring (bicyclic) bond motifs is 3. The third kappa shape index (κ3) is 5.27. The standard InChI is InChI=1S/C54H53NS/c1-52(2)26-27-53(3,4)49-33-43(22-24-46(49)52)55(42-20-18-38(19-21-42)37-12-7-5-8-13-37)44-23-25-47-50(34-44)56-51-45(39-14-9-6-10-15-39)16-11-17-48(51)54(47)40-29-35-28-36(31-40)32-41(54)30-35/h5-25,33-36,40-41H,26-32H2,1-4H3. The molecule has 1 aliphatic heterocycles. The molecule has 0 atom stereocenters. The molecule has 280 valence electrons. The average molecular weight is 748 g/mol. The summed E-state index contributed by atoms with van der Waals surface area (Å²) in [6.07, 6.45) is 9.42. The second-order valence-corrected chi connectivity index (χ2v) is 20.3. The van der Waals surface area contributed by atoms with Crippen molar-refractivity contribution in [2.24, 2.45) is 23.7 Å². The Kier molecular flexibility index (Phi) is 7.89. The van der Waals surface area contributed by atoms with Crippen LogP contribution in [0.3, 0.4) is 0 Å². The molecule has 1 nitrogen and oxygen atoms in total. The summed E-state index contributed by atoms with van der Waals surface area (Å²) in [7, 11) is 0. The van der Waals surface area contributed by atoms with Crippen LogP contribution in [-0.4, -0.2) is 0 Å². The van der Waals surface area contributed by atoms with Crippen LogP contribution in [0, 0.1) is 23.7 Å². The maximum atomic E-state index is 2.59. The van der Waals surface area contributed by atoms with Crippen LogP contribution in [0.5, 0.6) is 0 Å². The van der Waals surface area contributed by atoms with E-state index in [1.54, 1.807) is 11.1 Å². The quantitative estimate of drug-likeness (QED) is 0.173. The molecule has 0 radical (unpaired) electrons. The van der Waals surface area contributed by atoms with E-state index in [9.17, 15) is 0 Å². The molecule has 6 aliphatic rings. The first kappa shape index (κ1) is 34.7. The molecule has 1 spiro atoms. The van der Waals surface area contributed by atoms with E-state index in [1.807, 2.05) is 11.8 Å². The van der Waals surface area contributed by atoms with Gasteiger partial charge in [-0.1, -0.05) is 143 Å². The first-order valence-corrected chi connectivity index (χ1v) is 22.1. The molecular weight excluding hydrogens is 695 g/mol. The van der Waals surface area contributed by atoms with Gasteiger partial charge in [0.1, 0.15) is 0 Å². The highest BCUT2D eigenvalue weighted by Gasteiger charge is 2.61. The Hall–Kier alpha value is -4.53. The number of hydrogen-bond acceptors (Lipinski definition) is 2. The van der Waals surface area contributed by atoms with Gasteiger partial charge in [0.25, 0.3) is 0 Å². The van der Waals surface area contributed by atoms with Gasteiger partial charge in [0.2, 0.25) is 0 Å². The summed E-state index contributed by atoms with van der Waals surface area (Å²) in [6, 6.07) is 53.6. The summed E-state index contributed by atoms with van der Waals surface area (Å²) < 4.78 is 0. The average Bonchev–Trinajstić information content (AvgIpc) is 3.22. The van der Waals surface area contributed by atoms with Crippen LogP contribution in [0.2, 0.25) is 0 Å². The Morgan fingerprint density at radius 3 is 1.68 bits per heavy atom. The summed E-state index contributed by atoms with van der Waals surface area (Å²) in [5.74, 6) is 3.24. The molecule has 0 aromatic heterocycles. The van der Waals surface area contributed by atoms with Gasteiger partial charge in [0.15, 0.2) is 0 Å². The van der Waals surface area contributed by atoms with E-state index in [0.29, 0.717) is 11.8 Å². The lowest BCUT2D eigenvalue weighted by atomic mass is 9.42. The Morgan fingerprint density at radius 2 is 1.02 bits per heavy atom. The van der Waals surface area contributed by atoms with Gasteiger partial charge in [-0.15, -0.1) is 0 Å². The number of hydrogen-bond donors (Lipinski definition) is 0. The van der Waals surface area contributed by atoms with E-state index < -0.39 is 0 Å². The Morgan fingerprint density at radius 1 is 0.464 bits per heavy atom. The molecule has 0 saturated heterocycles. The minimum absolute atomic E-state index is 0.0796. The number of rotatable bonds is 5. The van der Waals surface area contributed by atoms with Gasteiger partial charge in [-0.3, -0.25) is 0 Å². The first-order chi connectivity index (χ1) is 27.2. The molecule has 0 amide bonds. The van der Waals surface area contributed by atoms with Crippen molar-refractivity contribution in [2.45, 2.75) is 98.7 Å². The minimum Gasteiger partial charge on any atom is -0.310 e. The van der Waals surface area contributed by atoms with Crippen LogP contribution in [0.4, 0.5) is 17.1 Å². The largest absolute Gasteiger partial charge is 0.310 e. The number of benzene rings is 6. The van der Waals surface area contributed by atoms with E-state index in [2.05, 4.69) is 172 Å². The van der Waals surface area contributed by atoms with Crippen LogP contribution < -0.4 is 4.90 Å². The van der Waals surface area contributed by atoms with Crippen molar-refractivity contribution in [1.29, 1.82) is 0 Å². The zero-order chi connectivity index (χ0) is 37.8. The van der Waals surface area contributed by atoms with Gasteiger partial charge in [-0.2, -0.15) is 0 Å². The molecule has 5 aliphatic carbocycles. The van der Waals surface area contributed by atoms with Gasteiger partial charge in [-0.25, -0.2) is 0 Å². The van der Waals surface area contributed by atoms with E-state index in [-0.39, 0.29) is 16.2 Å². The van der Waals surface area contributed by atoms with Crippen molar-refractivity contribution in [3.8, 4) is 22.3 Å². The van der Waals surface area contributed by atoms with Gasteiger partial charge in [-0.05, 0) is 160 Å². The van der Waals surface area contributed by atoms with E-state index >= 15 is 0 Å². The fourth-order valence-corrected chi connectivity index (χ4v) is 13.9. The summed E-state index contributed by atoms with van der Waals surface area (Å²) in [6.45, 7) is 9.77. The van der Waals surface area contributed by atoms with Crippen LogP contribution in [-0.2, 0) is 16.2 Å². The summed E-state index contributed by atoms with van der Waals surface area (Å²) in [4.78, 5) is 5.50. The molecule has 4 fully saturated rings. The third-order valence-corrected chi connectivity index (χ3v) is 16.4. The second-order valence-electron chi connectivity index (χ2n) is 19.3. The highest BCUT2D eigenvalue weighted by Crippen LogP contribution is 2.69. The zero-order valence-corrected chi connectivity index (χ0v) is 34.2. The van der Waals surface area contributed by atoms with Gasteiger partial charge >= 0.3 is 0 Å². The van der Waals surface area contributed by atoms with Crippen LogP contribution in [0.25, 0.3) is 22.3 Å². The summed E-state index contributed by atoms with van der Waals surface area (Å²) in [5.41, 5.74) is 15.5. The van der Waals surface area contributed by atoms with Crippen molar-refractivity contribution < 1.29 is 0 Å². The highest BCUT2D eigenvalue weighted by atomic mass is 32.2. The lowest BCUT2D eigenvalue weighted by Gasteiger charge is -2.63. The normalized spacial score (nSPS) is 26.0. The monoisotopic (exact) mass is 747 g/mol. The van der Waals surface area contributed by atoms with Crippen molar-refractivity contribution in [2.75, 3.05) is 4.90 Å². The third-order valence-electron chi connectivity index (χ3n) is 15.2. The SMILES string of the molecule is CC1(C)CCC(C)(C)c2cc(N(c3ccc(-c4ccccc4)cc3)c3ccc4c(c3)Sc3c(-c5ccccc5)cccc3C43C4CC5CC(C4)CC3C5)ccc21. The maximum Gasteiger partial charge on any atom is 0.0473 e. The fraction of sp³-hybridized carbons (Fsp3) is 0.333. The molecule has 6 aromatic carbocycles. The topological polar surface area (TPSA) is 3.24 Å². The van der Waals surface area contributed by atoms with Gasteiger partial charge < -0.3 is 4.90 Å². The van der Waals surface area contributed by atoms with Gasteiger partial charge in [0, 0.05) is 32.3 Å². The molecular formula is C54H53NS.